The van der Waals surface area contributed by atoms with E-state index >= 15 is 0 Å². The van der Waals surface area contributed by atoms with Crippen LogP contribution in [0.4, 0.5) is 8.78 Å². The van der Waals surface area contributed by atoms with E-state index in [-0.39, 0.29) is 0 Å². The number of aromatic nitrogens is 1. The van der Waals surface area contributed by atoms with Crippen molar-refractivity contribution in [1.29, 1.82) is 0 Å². The lowest BCUT2D eigenvalue weighted by Gasteiger charge is -2.04. The number of halogens is 2. The summed E-state index contributed by atoms with van der Waals surface area (Å²) in [6, 6.07) is 6.90. The van der Waals surface area contributed by atoms with Gasteiger partial charge in [0, 0.05) is 11.9 Å². The van der Waals surface area contributed by atoms with Gasteiger partial charge in [-0.1, -0.05) is 31.9 Å². The Morgan fingerprint density at radius 1 is 1.12 bits per heavy atom. The molecule has 16 heavy (non-hydrogen) atoms. The Morgan fingerprint density at radius 2 is 1.88 bits per heavy atom. The summed E-state index contributed by atoms with van der Waals surface area (Å²) in [5, 5.41) is 0.372. The molecule has 1 nitrogen and oxygen atoms in total. The predicted molar refractivity (Wildman–Crippen MR) is 61.4 cm³/mol. The van der Waals surface area contributed by atoms with E-state index in [1.54, 1.807) is 24.3 Å². The third kappa shape index (κ3) is 1.82. The van der Waals surface area contributed by atoms with Crippen LogP contribution in [0.25, 0.3) is 10.9 Å². The molecule has 0 spiro atoms. The predicted octanol–water partition coefficient (Wildman–Crippen LogP) is 4.11. The third-order valence-electron chi connectivity index (χ3n) is 2.83. The molecule has 0 fully saturated rings. The molecule has 2 rings (SSSR count). The molecule has 1 heterocycles. The number of hydrogen-bond donors (Lipinski definition) is 0. The SMILES string of the molecule is CCCCCn1c(F)c(F)c2ccccc21. The number of rotatable bonds is 4. The molecule has 1 aromatic carbocycles. The summed E-state index contributed by atoms with van der Waals surface area (Å²) in [6.07, 6.45) is 2.99. The minimum absolute atomic E-state index is 0.372. The Labute approximate surface area is 93.7 Å². The summed E-state index contributed by atoms with van der Waals surface area (Å²) < 4.78 is 28.6. The van der Waals surface area contributed by atoms with Crippen LogP contribution in [0.3, 0.4) is 0 Å². The highest BCUT2D eigenvalue weighted by Gasteiger charge is 2.15. The van der Waals surface area contributed by atoms with Crippen LogP contribution in [-0.2, 0) is 6.54 Å². The first-order valence-electron chi connectivity index (χ1n) is 5.68. The molecule has 86 valence electrons. The number of hydrogen-bond acceptors (Lipinski definition) is 0. The van der Waals surface area contributed by atoms with Gasteiger partial charge >= 0.3 is 0 Å². The van der Waals surface area contributed by atoms with Gasteiger partial charge in [0.05, 0.1) is 5.52 Å². The van der Waals surface area contributed by atoms with Crippen LogP contribution in [0.1, 0.15) is 26.2 Å². The fourth-order valence-electron chi connectivity index (χ4n) is 1.97. The molecule has 0 saturated carbocycles. The lowest BCUT2D eigenvalue weighted by atomic mass is 10.2. The summed E-state index contributed by atoms with van der Waals surface area (Å²) in [4.78, 5) is 0. The van der Waals surface area contributed by atoms with E-state index in [1.165, 1.54) is 4.57 Å². The Hall–Kier alpha value is -1.38. The highest BCUT2D eigenvalue weighted by Crippen LogP contribution is 2.23. The summed E-state index contributed by atoms with van der Waals surface area (Å²) >= 11 is 0. The van der Waals surface area contributed by atoms with Gasteiger partial charge in [-0.2, -0.15) is 4.39 Å². The van der Waals surface area contributed by atoms with Crippen LogP contribution < -0.4 is 0 Å². The first-order chi connectivity index (χ1) is 7.75. The zero-order valence-corrected chi connectivity index (χ0v) is 9.34. The minimum Gasteiger partial charge on any atom is -0.315 e. The van der Waals surface area contributed by atoms with Crippen LogP contribution >= 0.6 is 0 Å². The summed E-state index contributed by atoms with van der Waals surface area (Å²) in [7, 11) is 0. The molecule has 0 radical (unpaired) electrons. The van der Waals surface area contributed by atoms with Crippen LogP contribution in [0.2, 0.25) is 0 Å². The van der Waals surface area contributed by atoms with Crippen molar-refractivity contribution in [2.24, 2.45) is 0 Å². The van der Waals surface area contributed by atoms with E-state index < -0.39 is 11.8 Å². The quantitative estimate of drug-likeness (QED) is 0.687. The molecule has 0 N–H and O–H groups in total. The second-order valence-corrected chi connectivity index (χ2v) is 3.98. The molecule has 0 aliphatic rings. The lowest BCUT2D eigenvalue weighted by molar-refractivity contribution is 0.436. The van der Waals surface area contributed by atoms with Crippen molar-refractivity contribution < 1.29 is 8.78 Å². The third-order valence-corrected chi connectivity index (χ3v) is 2.83. The number of unbranched alkanes of at least 4 members (excludes halogenated alkanes) is 2. The van der Waals surface area contributed by atoms with Crippen molar-refractivity contribution in [1.82, 2.24) is 4.57 Å². The van der Waals surface area contributed by atoms with Gasteiger partial charge in [-0.05, 0) is 18.6 Å². The zero-order chi connectivity index (χ0) is 11.5. The molecule has 0 saturated heterocycles. The molecule has 0 aliphatic heterocycles. The molecular weight excluding hydrogens is 208 g/mol. The van der Waals surface area contributed by atoms with Crippen LogP contribution in [0.15, 0.2) is 24.3 Å². The number of aryl methyl sites for hydroxylation is 1. The van der Waals surface area contributed by atoms with Crippen LogP contribution in [0.5, 0.6) is 0 Å². The fourth-order valence-corrected chi connectivity index (χ4v) is 1.97. The largest absolute Gasteiger partial charge is 0.315 e. The van der Waals surface area contributed by atoms with Gasteiger partial charge in [0.2, 0.25) is 5.95 Å². The lowest BCUT2D eigenvalue weighted by Crippen LogP contribution is -2.01. The number of nitrogens with zero attached hydrogens (tertiary/aromatic N) is 1. The standard InChI is InChI=1S/C13H15F2N/c1-2-3-6-9-16-11-8-5-4-7-10(11)12(14)13(16)15/h4-5,7-8H,2-3,6,9H2,1H3. The molecule has 0 aliphatic carbocycles. The van der Waals surface area contributed by atoms with E-state index in [4.69, 9.17) is 0 Å². The van der Waals surface area contributed by atoms with Gasteiger partial charge in [-0.15, -0.1) is 0 Å². The topological polar surface area (TPSA) is 4.93 Å². The summed E-state index contributed by atoms with van der Waals surface area (Å²) in [5.74, 6) is -1.47. The van der Waals surface area contributed by atoms with E-state index in [2.05, 4.69) is 6.92 Å². The smallest absolute Gasteiger partial charge is 0.230 e. The fraction of sp³-hybridized carbons (Fsp3) is 0.385. The molecule has 0 amide bonds. The van der Waals surface area contributed by atoms with E-state index in [0.29, 0.717) is 17.4 Å². The normalized spacial score (nSPS) is 11.2. The second-order valence-electron chi connectivity index (χ2n) is 3.98. The number of fused-ring (bicyclic) bond motifs is 1. The highest BCUT2D eigenvalue weighted by molar-refractivity contribution is 5.81. The first kappa shape index (κ1) is 11.1. The van der Waals surface area contributed by atoms with Crippen molar-refractivity contribution in [3.8, 4) is 0 Å². The van der Waals surface area contributed by atoms with E-state index in [0.717, 1.165) is 19.3 Å². The van der Waals surface area contributed by atoms with Crippen molar-refractivity contribution >= 4 is 10.9 Å². The Balaban J connectivity index is 2.39. The van der Waals surface area contributed by atoms with Gasteiger partial charge in [0.1, 0.15) is 0 Å². The molecule has 0 bridgehead atoms. The summed E-state index contributed by atoms with van der Waals surface area (Å²) in [6.45, 7) is 2.63. The van der Waals surface area contributed by atoms with Crippen LogP contribution in [0, 0.1) is 11.8 Å². The van der Waals surface area contributed by atoms with Crippen molar-refractivity contribution in [2.75, 3.05) is 0 Å². The molecular formula is C13H15F2N. The maximum Gasteiger partial charge on any atom is 0.230 e. The second kappa shape index (κ2) is 4.64. The highest BCUT2D eigenvalue weighted by atomic mass is 19.2. The molecule has 0 unspecified atom stereocenters. The monoisotopic (exact) mass is 223 g/mol. The van der Waals surface area contributed by atoms with E-state index in [1.807, 2.05) is 0 Å². The Bertz CT molecular complexity index is 488. The molecule has 0 atom stereocenters. The number of para-hydroxylation sites is 1. The number of benzene rings is 1. The average molecular weight is 223 g/mol. The van der Waals surface area contributed by atoms with E-state index in [9.17, 15) is 8.78 Å². The van der Waals surface area contributed by atoms with Crippen molar-refractivity contribution in [2.45, 2.75) is 32.7 Å². The Morgan fingerprint density at radius 3 is 2.62 bits per heavy atom. The maximum absolute atomic E-state index is 13.6. The van der Waals surface area contributed by atoms with Gasteiger partial charge in [-0.25, -0.2) is 4.39 Å². The molecule has 2 aromatic rings. The molecule has 1 aromatic heterocycles. The summed E-state index contributed by atoms with van der Waals surface area (Å²) in [5.41, 5.74) is 0.647. The Kier molecular flexibility index (Phi) is 3.22. The minimum atomic E-state index is -0.739. The van der Waals surface area contributed by atoms with Crippen molar-refractivity contribution in [3.63, 3.8) is 0 Å². The zero-order valence-electron chi connectivity index (χ0n) is 9.34. The van der Waals surface area contributed by atoms with Gasteiger partial charge in [-0.3, -0.25) is 0 Å². The van der Waals surface area contributed by atoms with Crippen LogP contribution in [-0.4, -0.2) is 4.57 Å². The van der Waals surface area contributed by atoms with Gasteiger partial charge in [0.15, 0.2) is 5.82 Å². The maximum atomic E-state index is 13.6. The first-order valence-corrected chi connectivity index (χ1v) is 5.68. The van der Waals surface area contributed by atoms with Gasteiger partial charge in [0.25, 0.3) is 0 Å². The molecule has 3 heteroatoms. The van der Waals surface area contributed by atoms with Crippen molar-refractivity contribution in [3.05, 3.63) is 36.0 Å². The average Bonchev–Trinajstić information content (AvgIpc) is 2.55. The van der Waals surface area contributed by atoms with Gasteiger partial charge < -0.3 is 4.57 Å².